The monoisotopic (exact) mass is 286 g/mol. The van der Waals surface area contributed by atoms with E-state index in [1.807, 2.05) is 0 Å². The van der Waals surface area contributed by atoms with Crippen LogP contribution in [0.4, 0.5) is 8.78 Å². The molecular formula is C9H6Cl2F2O4. The number of carboxylic acids is 1. The lowest BCUT2D eigenvalue weighted by Gasteiger charge is -2.14. The van der Waals surface area contributed by atoms with Gasteiger partial charge >= 0.3 is 12.6 Å². The molecule has 0 aliphatic carbocycles. The minimum atomic E-state index is -3.12. The van der Waals surface area contributed by atoms with E-state index in [9.17, 15) is 18.7 Å². The second-order valence-electron chi connectivity index (χ2n) is 2.89. The Bertz CT molecular complexity index is 439. The number of hydrogen-bond acceptors (Lipinski definition) is 3. The summed E-state index contributed by atoms with van der Waals surface area (Å²) in [6, 6.07) is 2.15. The summed E-state index contributed by atoms with van der Waals surface area (Å²) in [7, 11) is 0. The molecule has 1 aromatic carbocycles. The Morgan fingerprint density at radius 2 is 1.94 bits per heavy atom. The standard InChI is InChI=1S/C9H6Cl2F2O4/c10-3-1-2-4(17-9(12)13)6(11)5(3)7(14)8(15)16/h1-2,7,9,14H,(H,15,16)/t7-/m0/s1. The van der Waals surface area contributed by atoms with Crippen LogP contribution in [0.25, 0.3) is 0 Å². The Kier molecular flexibility index (Phi) is 4.50. The fourth-order valence-electron chi connectivity index (χ4n) is 1.11. The minimum Gasteiger partial charge on any atom is -0.479 e. The molecule has 0 amide bonds. The molecule has 0 radical (unpaired) electrons. The lowest BCUT2D eigenvalue weighted by molar-refractivity contribution is -0.146. The van der Waals surface area contributed by atoms with Crippen molar-refractivity contribution < 1.29 is 28.5 Å². The van der Waals surface area contributed by atoms with Crippen molar-refractivity contribution in [3.63, 3.8) is 0 Å². The first-order chi connectivity index (χ1) is 7.84. The van der Waals surface area contributed by atoms with E-state index in [0.29, 0.717) is 0 Å². The predicted molar refractivity (Wildman–Crippen MR) is 55.7 cm³/mol. The van der Waals surface area contributed by atoms with Crippen molar-refractivity contribution in [3.05, 3.63) is 27.7 Å². The lowest BCUT2D eigenvalue weighted by atomic mass is 10.1. The van der Waals surface area contributed by atoms with Crippen LogP contribution in [0.15, 0.2) is 12.1 Å². The number of aliphatic hydroxyl groups excluding tert-OH is 1. The zero-order chi connectivity index (χ0) is 13.2. The fraction of sp³-hybridized carbons (Fsp3) is 0.222. The van der Waals surface area contributed by atoms with Crippen molar-refractivity contribution >= 4 is 29.2 Å². The average Bonchev–Trinajstić information content (AvgIpc) is 2.21. The molecule has 1 aromatic rings. The number of halogens is 4. The highest BCUT2D eigenvalue weighted by molar-refractivity contribution is 6.37. The van der Waals surface area contributed by atoms with Gasteiger partial charge in [-0.1, -0.05) is 23.2 Å². The first-order valence-electron chi connectivity index (χ1n) is 4.18. The maximum absolute atomic E-state index is 12.0. The second-order valence-corrected chi connectivity index (χ2v) is 3.68. The van der Waals surface area contributed by atoms with Gasteiger partial charge in [-0.3, -0.25) is 0 Å². The van der Waals surface area contributed by atoms with E-state index in [-0.39, 0.29) is 10.6 Å². The molecule has 17 heavy (non-hydrogen) atoms. The molecule has 0 saturated carbocycles. The number of carboxylic acid groups (broad SMARTS) is 1. The fourth-order valence-corrected chi connectivity index (χ4v) is 1.73. The van der Waals surface area contributed by atoms with Crippen molar-refractivity contribution in [3.8, 4) is 5.75 Å². The Hall–Kier alpha value is -1.11. The van der Waals surface area contributed by atoms with Gasteiger partial charge in [0.1, 0.15) is 5.75 Å². The Morgan fingerprint density at radius 1 is 1.35 bits per heavy atom. The summed E-state index contributed by atoms with van der Waals surface area (Å²) in [4.78, 5) is 10.6. The number of benzene rings is 1. The zero-order valence-electron chi connectivity index (χ0n) is 8.03. The highest BCUT2D eigenvalue weighted by Gasteiger charge is 2.25. The summed E-state index contributed by atoms with van der Waals surface area (Å²) >= 11 is 11.3. The molecule has 0 unspecified atom stereocenters. The van der Waals surface area contributed by atoms with Crippen LogP contribution < -0.4 is 4.74 Å². The van der Waals surface area contributed by atoms with E-state index in [2.05, 4.69) is 4.74 Å². The van der Waals surface area contributed by atoms with E-state index in [0.717, 1.165) is 12.1 Å². The van der Waals surface area contributed by atoms with Gasteiger partial charge in [0.2, 0.25) is 0 Å². The molecule has 0 aromatic heterocycles. The van der Waals surface area contributed by atoms with E-state index in [1.54, 1.807) is 0 Å². The third-order valence-corrected chi connectivity index (χ3v) is 2.53. The van der Waals surface area contributed by atoms with Crippen molar-refractivity contribution in [2.75, 3.05) is 0 Å². The highest BCUT2D eigenvalue weighted by Crippen LogP contribution is 2.37. The smallest absolute Gasteiger partial charge is 0.387 e. The van der Waals surface area contributed by atoms with Crippen LogP contribution >= 0.6 is 23.2 Å². The van der Waals surface area contributed by atoms with Crippen LogP contribution in [0.2, 0.25) is 10.0 Å². The van der Waals surface area contributed by atoms with Gasteiger partial charge in [-0.05, 0) is 12.1 Å². The number of aliphatic carboxylic acids is 1. The summed E-state index contributed by atoms with van der Waals surface area (Å²) in [5.41, 5.74) is -0.390. The number of rotatable bonds is 4. The molecule has 0 saturated heterocycles. The summed E-state index contributed by atoms with van der Waals surface area (Å²) < 4.78 is 28.0. The van der Waals surface area contributed by atoms with Crippen LogP contribution in [-0.4, -0.2) is 22.8 Å². The predicted octanol–water partition coefficient (Wildman–Crippen LogP) is 2.71. The van der Waals surface area contributed by atoms with Crippen LogP contribution in [0, 0.1) is 0 Å². The molecule has 0 bridgehead atoms. The molecule has 0 spiro atoms. The van der Waals surface area contributed by atoms with Crippen molar-refractivity contribution in [2.24, 2.45) is 0 Å². The first kappa shape index (κ1) is 14.0. The molecule has 8 heteroatoms. The number of alkyl halides is 2. The number of aliphatic hydroxyl groups is 1. The van der Waals surface area contributed by atoms with Gasteiger partial charge in [0.15, 0.2) is 6.10 Å². The number of hydrogen-bond donors (Lipinski definition) is 2. The Morgan fingerprint density at radius 3 is 2.41 bits per heavy atom. The zero-order valence-corrected chi connectivity index (χ0v) is 9.54. The highest BCUT2D eigenvalue weighted by atomic mass is 35.5. The van der Waals surface area contributed by atoms with Gasteiger partial charge in [-0.25, -0.2) is 4.79 Å². The summed E-state index contributed by atoms with van der Waals surface area (Å²) in [6.45, 7) is -3.12. The van der Waals surface area contributed by atoms with E-state index < -0.39 is 29.5 Å². The third-order valence-electron chi connectivity index (χ3n) is 1.81. The molecule has 0 fully saturated rings. The van der Waals surface area contributed by atoms with Crippen molar-refractivity contribution in [1.82, 2.24) is 0 Å². The third kappa shape index (κ3) is 3.18. The molecule has 0 aliphatic rings. The Balaban J connectivity index is 3.24. The molecule has 2 N–H and O–H groups in total. The molecule has 0 aliphatic heterocycles. The maximum atomic E-state index is 12.0. The molecule has 94 valence electrons. The SMILES string of the molecule is O=C(O)[C@@H](O)c1c(Cl)ccc(OC(F)F)c1Cl. The Labute approximate surface area is 104 Å². The molecular weight excluding hydrogens is 281 g/mol. The van der Waals surface area contributed by atoms with E-state index in [4.69, 9.17) is 28.3 Å². The van der Waals surface area contributed by atoms with Gasteiger partial charge in [0.05, 0.1) is 5.02 Å². The maximum Gasteiger partial charge on any atom is 0.387 e. The van der Waals surface area contributed by atoms with Crippen LogP contribution in [0.5, 0.6) is 5.75 Å². The first-order valence-corrected chi connectivity index (χ1v) is 4.93. The summed E-state index contributed by atoms with van der Waals surface area (Å²) in [5, 5.41) is 17.3. The van der Waals surface area contributed by atoms with Crippen LogP contribution in [0.3, 0.4) is 0 Å². The molecule has 1 atom stereocenters. The topological polar surface area (TPSA) is 66.8 Å². The van der Waals surface area contributed by atoms with Crippen LogP contribution in [0.1, 0.15) is 11.7 Å². The number of ether oxygens (including phenoxy) is 1. The van der Waals surface area contributed by atoms with Gasteiger partial charge in [0, 0.05) is 10.6 Å². The number of carbonyl (C=O) groups is 1. The van der Waals surface area contributed by atoms with Crippen LogP contribution in [-0.2, 0) is 4.79 Å². The minimum absolute atomic E-state index is 0.161. The summed E-state index contributed by atoms with van der Waals surface area (Å²) in [5.74, 6) is -2.07. The second kappa shape index (κ2) is 5.48. The molecule has 1 rings (SSSR count). The quantitative estimate of drug-likeness (QED) is 0.893. The van der Waals surface area contributed by atoms with E-state index >= 15 is 0 Å². The molecule has 4 nitrogen and oxygen atoms in total. The van der Waals surface area contributed by atoms with Gasteiger partial charge < -0.3 is 14.9 Å². The van der Waals surface area contributed by atoms with Crippen molar-refractivity contribution in [1.29, 1.82) is 0 Å². The van der Waals surface area contributed by atoms with Gasteiger partial charge in [0.25, 0.3) is 0 Å². The van der Waals surface area contributed by atoms with E-state index in [1.165, 1.54) is 0 Å². The van der Waals surface area contributed by atoms with Crippen molar-refractivity contribution in [2.45, 2.75) is 12.7 Å². The largest absolute Gasteiger partial charge is 0.479 e. The summed E-state index contributed by atoms with van der Waals surface area (Å²) in [6.07, 6.45) is -2.02. The molecule has 0 heterocycles. The average molecular weight is 287 g/mol. The lowest BCUT2D eigenvalue weighted by Crippen LogP contribution is -2.12. The van der Waals surface area contributed by atoms with Gasteiger partial charge in [-0.15, -0.1) is 0 Å². The van der Waals surface area contributed by atoms with Gasteiger partial charge in [-0.2, -0.15) is 8.78 Å². The normalized spacial score (nSPS) is 12.6.